The molecule has 0 unspecified atom stereocenters. The fourth-order valence-corrected chi connectivity index (χ4v) is 3.26. The average Bonchev–Trinajstić information content (AvgIpc) is 3.17. The zero-order chi connectivity index (χ0) is 17.8. The number of hydrogen-bond donors (Lipinski definition) is 1. The molecule has 4 rings (SSSR count). The summed E-state index contributed by atoms with van der Waals surface area (Å²) >= 11 is 0. The third-order valence-electron chi connectivity index (χ3n) is 4.76. The van der Waals surface area contributed by atoms with Crippen molar-refractivity contribution in [3.63, 3.8) is 0 Å². The van der Waals surface area contributed by atoms with E-state index in [1.54, 1.807) is 29.1 Å². The SMILES string of the molecule is O=C(NCCN1CCN(c2ccccc2)CC1)c1ccc2nncn2c1. The van der Waals surface area contributed by atoms with Crippen LogP contribution in [0.4, 0.5) is 5.69 Å². The molecular formula is C19H22N6O. The van der Waals surface area contributed by atoms with Crippen molar-refractivity contribution in [3.8, 4) is 0 Å². The number of aromatic nitrogens is 3. The lowest BCUT2D eigenvalue weighted by Crippen LogP contribution is -2.48. The number of piperazine rings is 1. The zero-order valence-corrected chi connectivity index (χ0v) is 14.6. The van der Waals surface area contributed by atoms with Crippen molar-refractivity contribution in [2.24, 2.45) is 0 Å². The minimum Gasteiger partial charge on any atom is -0.369 e. The van der Waals surface area contributed by atoms with E-state index in [9.17, 15) is 4.79 Å². The Morgan fingerprint density at radius 1 is 1.04 bits per heavy atom. The van der Waals surface area contributed by atoms with Crippen molar-refractivity contribution in [2.75, 3.05) is 44.2 Å². The number of para-hydroxylation sites is 1. The van der Waals surface area contributed by atoms with Crippen LogP contribution >= 0.6 is 0 Å². The summed E-state index contributed by atoms with van der Waals surface area (Å²) in [6.07, 6.45) is 3.35. The number of anilines is 1. The van der Waals surface area contributed by atoms with Crippen LogP contribution in [0.2, 0.25) is 0 Å². The lowest BCUT2D eigenvalue weighted by molar-refractivity contribution is 0.0947. The third-order valence-corrected chi connectivity index (χ3v) is 4.76. The highest BCUT2D eigenvalue weighted by Crippen LogP contribution is 2.15. The van der Waals surface area contributed by atoms with Gasteiger partial charge in [-0.3, -0.25) is 14.1 Å². The van der Waals surface area contributed by atoms with Gasteiger partial charge in [-0.05, 0) is 24.3 Å². The van der Waals surface area contributed by atoms with Crippen molar-refractivity contribution < 1.29 is 4.79 Å². The van der Waals surface area contributed by atoms with Crippen LogP contribution in [-0.4, -0.2) is 64.7 Å². The first-order chi connectivity index (χ1) is 12.8. The molecular weight excluding hydrogens is 328 g/mol. The van der Waals surface area contributed by atoms with Gasteiger partial charge in [0, 0.05) is 51.2 Å². The normalized spacial score (nSPS) is 15.3. The molecule has 1 aromatic carbocycles. The average molecular weight is 350 g/mol. The van der Waals surface area contributed by atoms with Gasteiger partial charge in [0.25, 0.3) is 5.91 Å². The first-order valence-electron chi connectivity index (χ1n) is 8.89. The van der Waals surface area contributed by atoms with E-state index in [4.69, 9.17) is 0 Å². The third kappa shape index (κ3) is 3.67. The van der Waals surface area contributed by atoms with E-state index in [1.807, 2.05) is 6.07 Å². The van der Waals surface area contributed by atoms with Crippen LogP contribution < -0.4 is 10.2 Å². The molecule has 1 saturated heterocycles. The summed E-state index contributed by atoms with van der Waals surface area (Å²) in [5, 5.41) is 10.8. The Balaban J connectivity index is 1.23. The molecule has 2 aromatic heterocycles. The lowest BCUT2D eigenvalue weighted by Gasteiger charge is -2.36. The Morgan fingerprint density at radius 2 is 1.85 bits per heavy atom. The number of carbonyl (C=O) groups is 1. The molecule has 134 valence electrons. The highest BCUT2D eigenvalue weighted by molar-refractivity contribution is 5.94. The van der Waals surface area contributed by atoms with Crippen LogP contribution in [0.15, 0.2) is 55.0 Å². The zero-order valence-electron chi connectivity index (χ0n) is 14.6. The van der Waals surface area contributed by atoms with Crippen molar-refractivity contribution >= 4 is 17.2 Å². The van der Waals surface area contributed by atoms with Crippen LogP contribution in [0, 0.1) is 0 Å². The van der Waals surface area contributed by atoms with Crippen molar-refractivity contribution in [1.82, 2.24) is 24.8 Å². The first-order valence-corrected chi connectivity index (χ1v) is 8.89. The maximum atomic E-state index is 12.3. The number of hydrogen-bond acceptors (Lipinski definition) is 5. The molecule has 0 atom stereocenters. The van der Waals surface area contributed by atoms with Crippen LogP contribution in [-0.2, 0) is 0 Å². The standard InChI is InChI=1S/C19H22N6O/c26-19(16-6-7-18-22-21-15-25(18)14-16)20-8-9-23-10-12-24(13-11-23)17-4-2-1-3-5-17/h1-7,14-15H,8-13H2,(H,20,26). The Bertz CT molecular complexity index is 870. The van der Waals surface area contributed by atoms with Crippen molar-refractivity contribution in [3.05, 3.63) is 60.6 Å². The monoisotopic (exact) mass is 350 g/mol. The number of nitrogens with zero attached hydrogens (tertiary/aromatic N) is 5. The molecule has 0 spiro atoms. The van der Waals surface area contributed by atoms with Gasteiger partial charge in [-0.2, -0.15) is 0 Å². The predicted octanol–water partition coefficient (Wildman–Crippen LogP) is 1.28. The minimum absolute atomic E-state index is 0.0662. The molecule has 7 heteroatoms. The number of benzene rings is 1. The van der Waals surface area contributed by atoms with E-state index in [-0.39, 0.29) is 5.91 Å². The van der Waals surface area contributed by atoms with Gasteiger partial charge >= 0.3 is 0 Å². The molecule has 1 aliphatic rings. The summed E-state index contributed by atoms with van der Waals surface area (Å²) in [6, 6.07) is 14.1. The number of rotatable bonds is 5. The van der Waals surface area contributed by atoms with Gasteiger partial charge in [-0.1, -0.05) is 18.2 Å². The molecule has 0 bridgehead atoms. The maximum absolute atomic E-state index is 12.3. The number of pyridine rings is 1. The van der Waals surface area contributed by atoms with E-state index in [1.165, 1.54) is 5.69 Å². The molecule has 0 saturated carbocycles. The summed E-state index contributed by atoms with van der Waals surface area (Å²) in [5.74, 6) is -0.0662. The van der Waals surface area contributed by atoms with Gasteiger partial charge in [0.05, 0.1) is 5.56 Å². The number of nitrogens with one attached hydrogen (secondary N) is 1. The molecule has 26 heavy (non-hydrogen) atoms. The topological polar surface area (TPSA) is 65.8 Å². The minimum atomic E-state index is -0.0662. The Morgan fingerprint density at radius 3 is 2.65 bits per heavy atom. The number of fused-ring (bicyclic) bond motifs is 1. The predicted molar refractivity (Wildman–Crippen MR) is 100 cm³/mol. The van der Waals surface area contributed by atoms with Crippen LogP contribution in [0.1, 0.15) is 10.4 Å². The second-order valence-electron chi connectivity index (χ2n) is 6.43. The smallest absolute Gasteiger partial charge is 0.252 e. The second kappa shape index (κ2) is 7.53. The lowest BCUT2D eigenvalue weighted by atomic mass is 10.2. The number of carbonyl (C=O) groups excluding carboxylic acids is 1. The van der Waals surface area contributed by atoms with Crippen molar-refractivity contribution in [1.29, 1.82) is 0 Å². The molecule has 0 aliphatic carbocycles. The molecule has 0 radical (unpaired) electrons. The van der Waals surface area contributed by atoms with Gasteiger partial charge in [0.2, 0.25) is 0 Å². The highest BCUT2D eigenvalue weighted by atomic mass is 16.1. The molecule has 1 fully saturated rings. The van der Waals surface area contributed by atoms with Gasteiger partial charge < -0.3 is 10.2 Å². The van der Waals surface area contributed by atoms with Gasteiger partial charge in [0.1, 0.15) is 6.33 Å². The van der Waals surface area contributed by atoms with Crippen LogP contribution in [0.3, 0.4) is 0 Å². The quantitative estimate of drug-likeness (QED) is 0.751. The van der Waals surface area contributed by atoms with Gasteiger partial charge in [-0.25, -0.2) is 0 Å². The summed E-state index contributed by atoms with van der Waals surface area (Å²) in [6.45, 7) is 5.56. The van der Waals surface area contributed by atoms with E-state index >= 15 is 0 Å². The summed E-state index contributed by atoms with van der Waals surface area (Å²) in [4.78, 5) is 17.1. The largest absolute Gasteiger partial charge is 0.369 e. The Kier molecular flexibility index (Phi) is 4.79. The maximum Gasteiger partial charge on any atom is 0.252 e. The molecule has 7 nitrogen and oxygen atoms in total. The molecule has 3 aromatic rings. The molecule has 1 amide bonds. The second-order valence-corrected chi connectivity index (χ2v) is 6.43. The van der Waals surface area contributed by atoms with E-state index < -0.39 is 0 Å². The Hall–Kier alpha value is -2.93. The fraction of sp³-hybridized carbons (Fsp3) is 0.316. The van der Waals surface area contributed by atoms with E-state index in [0.29, 0.717) is 12.1 Å². The molecule has 1 aliphatic heterocycles. The van der Waals surface area contributed by atoms with E-state index in [0.717, 1.165) is 38.4 Å². The summed E-state index contributed by atoms with van der Waals surface area (Å²) in [5.41, 5.74) is 2.63. The summed E-state index contributed by atoms with van der Waals surface area (Å²) < 4.78 is 1.75. The van der Waals surface area contributed by atoms with Gasteiger partial charge in [-0.15, -0.1) is 10.2 Å². The molecule has 1 N–H and O–H groups in total. The molecule has 3 heterocycles. The van der Waals surface area contributed by atoms with Gasteiger partial charge in [0.15, 0.2) is 5.65 Å². The Labute approximate surface area is 152 Å². The highest BCUT2D eigenvalue weighted by Gasteiger charge is 2.17. The number of amides is 1. The van der Waals surface area contributed by atoms with Crippen LogP contribution in [0.5, 0.6) is 0 Å². The van der Waals surface area contributed by atoms with Crippen LogP contribution in [0.25, 0.3) is 5.65 Å². The van der Waals surface area contributed by atoms with Crippen molar-refractivity contribution in [2.45, 2.75) is 0 Å². The fourth-order valence-electron chi connectivity index (χ4n) is 3.26. The van der Waals surface area contributed by atoms with E-state index in [2.05, 4.69) is 49.6 Å². The first kappa shape index (κ1) is 16.5. The summed E-state index contributed by atoms with van der Waals surface area (Å²) in [7, 11) is 0.